The van der Waals surface area contributed by atoms with Crippen LogP contribution >= 0.6 is 22.9 Å². The number of halogens is 1. The van der Waals surface area contributed by atoms with Crippen LogP contribution in [-0.4, -0.2) is 15.8 Å². The molecular formula is C19H16ClN3O3S. The maximum Gasteiger partial charge on any atom is 0.270 e. The van der Waals surface area contributed by atoms with Crippen molar-refractivity contribution in [2.45, 2.75) is 20.4 Å². The first kappa shape index (κ1) is 19.0. The van der Waals surface area contributed by atoms with Gasteiger partial charge in [0.15, 0.2) is 0 Å². The number of nitro groups is 1. The van der Waals surface area contributed by atoms with Crippen LogP contribution in [0.2, 0.25) is 5.02 Å². The largest absolute Gasteiger partial charge is 0.347 e. The maximum atomic E-state index is 12.4. The Labute approximate surface area is 165 Å². The Balaban J connectivity index is 1.78. The molecule has 1 N–H and O–H groups in total. The normalized spacial score (nSPS) is 10.6. The van der Waals surface area contributed by atoms with E-state index in [0.717, 1.165) is 26.7 Å². The minimum Gasteiger partial charge on any atom is -0.347 e. The fraction of sp³-hybridized carbons (Fsp3) is 0.158. The highest BCUT2D eigenvalue weighted by atomic mass is 35.5. The molecule has 0 fully saturated rings. The molecule has 1 aromatic heterocycles. The van der Waals surface area contributed by atoms with Crippen LogP contribution in [0.15, 0.2) is 42.5 Å². The van der Waals surface area contributed by atoms with Crippen molar-refractivity contribution in [1.82, 2.24) is 10.3 Å². The van der Waals surface area contributed by atoms with Crippen LogP contribution in [0.4, 0.5) is 5.69 Å². The second-order valence-corrected chi connectivity index (χ2v) is 7.44. The molecule has 1 amide bonds. The third-order valence-corrected chi connectivity index (χ3v) is 5.60. The summed E-state index contributed by atoms with van der Waals surface area (Å²) < 4.78 is 0. The zero-order valence-electron chi connectivity index (χ0n) is 14.7. The summed E-state index contributed by atoms with van der Waals surface area (Å²) in [4.78, 5) is 28.3. The molecule has 0 spiro atoms. The van der Waals surface area contributed by atoms with Crippen molar-refractivity contribution < 1.29 is 9.72 Å². The lowest BCUT2D eigenvalue weighted by molar-refractivity contribution is -0.384. The van der Waals surface area contributed by atoms with E-state index in [1.54, 1.807) is 0 Å². The molecule has 1 heterocycles. The van der Waals surface area contributed by atoms with Crippen LogP contribution in [0.3, 0.4) is 0 Å². The summed E-state index contributed by atoms with van der Waals surface area (Å²) in [6, 6.07) is 11.8. The number of carbonyl (C=O) groups is 1. The van der Waals surface area contributed by atoms with E-state index in [2.05, 4.69) is 10.3 Å². The monoisotopic (exact) mass is 401 g/mol. The summed E-state index contributed by atoms with van der Waals surface area (Å²) in [6.45, 7) is 4.19. The van der Waals surface area contributed by atoms with Crippen molar-refractivity contribution in [3.63, 3.8) is 0 Å². The van der Waals surface area contributed by atoms with E-state index in [1.165, 1.54) is 29.5 Å². The fourth-order valence-electron chi connectivity index (χ4n) is 2.58. The molecule has 138 valence electrons. The number of benzene rings is 2. The average molecular weight is 402 g/mol. The van der Waals surface area contributed by atoms with Crippen molar-refractivity contribution in [1.29, 1.82) is 0 Å². The molecule has 3 aromatic rings. The molecule has 0 aliphatic rings. The van der Waals surface area contributed by atoms with Crippen LogP contribution in [0.5, 0.6) is 0 Å². The van der Waals surface area contributed by atoms with Crippen molar-refractivity contribution in [2.24, 2.45) is 0 Å². The Kier molecular flexibility index (Phi) is 5.53. The summed E-state index contributed by atoms with van der Waals surface area (Å²) in [5, 5.41) is 14.7. The smallest absolute Gasteiger partial charge is 0.270 e. The lowest BCUT2D eigenvalue weighted by Crippen LogP contribution is -2.23. The summed E-state index contributed by atoms with van der Waals surface area (Å²) in [5.41, 5.74) is 2.92. The molecule has 0 bridgehead atoms. The summed E-state index contributed by atoms with van der Waals surface area (Å²) in [5.74, 6) is -0.464. The van der Waals surface area contributed by atoms with E-state index in [-0.39, 0.29) is 22.8 Å². The number of hydrogen-bond acceptors (Lipinski definition) is 5. The number of hydrogen-bond donors (Lipinski definition) is 1. The van der Waals surface area contributed by atoms with E-state index in [0.29, 0.717) is 0 Å². The van der Waals surface area contributed by atoms with Gasteiger partial charge >= 0.3 is 0 Å². The van der Waals surface area contributed by atoms with Crippen LogP contribution in [0.1, 0.15) is 26.5 Å². The van der Waals surface area contributed by atoms with Gasteiger partial charge in [0.05, 0.1) is 27.7 Å². The number of aromatic nitrogens is 1. The van der Waals surface area contributed by atoms with Crippen LogP contribution in [0, 0.1) is 24.0 Å². The number of carbonyl (C=O) groups excluding carboxylic acids is 1. The lowest BCUT2D eigenvalue weighted by Gasteiger charge is -2.06. The number of nitro benzene ring substituents is 1. The predicted molar refractivity (Wildman–Crippen MR) is 106 cm³/mol. The van der Waals surface area contributed by atoms with Gasteiger partial charge in [0, 0.05) is 22.6 Å². The van der Waals surface area contributed by atoms with E-state index < -0.39 is 10.8 Å². The Hall–Kier alpha value is -2.77. The molecule has 2 aromatic carbocycles. The van der Waals surface area contributed by atoms with Gasteiger partial charge in [0.25, 0.3) is 11.6 Å². The highest BCUT2D eigenvalue weighted by Crippen LogP contribution is 2.30. The minimum atomic E-state index is -0.561. The molecule has 6 nitrogen and oxygen atoms in total. The third kappa shape index (κ3) is 4.15. The van der Waals surface area contributed by atoms with Gasteiger partial charge in [0.2, 0.25) is 0 Å². The molecule has 0 unspecified atom stereocenters. The van der Waals surface area contributed by atoms with Gasteiger partial charge in [-0.05, 0) is 25.5 Å². The number of rotatable bonds is 5. The van der Waals surface area contributed by atoms with Gasteiger partial charge in [-0.2, -0.15) is 0 Å². The van der Waals surface area contributed by atoms with Crippen LogP contribution in [-0.2, 0) is 6.54 Å². The van der Waals surface area contributed by atoms with Gasteiger partial charge in [-0.1, -0.05) is 35.9 Å². The van der Waals surface area contributed by atoms with Crippen molar-refractivity contribution in [2.75, 3.05) is 0 Å². The molecule has 0 aliphatic carbocycles. The van der Waals surface area contributed by atoms with Crippen molar-refractivity contribution >= 4 is 34.5 Å². The molecule has 0 atom stereocenters. The molecule has 3 rings (SSSR count). The van der Waals surface area contributed by atoms with Gasteiger partial charge in [-0.25, -0.2) is 4.98 Å². The zero-order chi connectivity index (χ0) is 19.6. The third-order valence-electron chi connectivity index (χ3n) is 4.08. The number of aryl methyl sites for hydroxylation is 2. The van der Waals surface area contributed by atoms with Gasteiger partial charge in [-0.3, -0.25) is 14.9 Å². The second kappa shape index (κ2) is 7.85. The zero-order valence-corrected chi connectivity index (χ0v) is 16.2. The molecule has 0 aliphatic heterocycles. The fourth-order valence-corrected chi connectivity index (χ4v) is 3.87. The van der Waals surface area contributed by atoms with E-state index >= 15 is 0 Å². The first-order valence-electron chi connectivity index (χ1n) is 8.11. The molecule has 8 heteroatoms. The number of non-ortho nitro benzene ring substituents is 1. The first-order chi connectivity index (χ1) is 12.9. The topological polar surface area (TPSA) is 85.1 Å². The number of amides is 1. The van der Waals surface area contributed by atoms with Crippen LogP contribution < -0.4 is 5.32 Å². The molecular weight excluding hydrogens is 386 g/mol. The first-order valence-corrected chi connectivity index (χ1v) is 9.30. The predicted octanol–water partition coefficient (Wildman–Crippen LogP) is 4.92. The maximum absolute atomic E-state index is 12.4. The highest BCUT2D eigenvalue weighted by molar-refractivity contribution is 7.15. The van der Waals surface area contributed by atoms with E-state index in [4.69, 9.17) is 11.6 Å². The Morgan fingerprint density at radius 1 is 1.26 bits per heavy atom. The average Bonchev–Trinajstić information content (AvgIpc) is 3.00. The Bertz CT molecular complexity index is 1030. The number of thiazole rings is 1. The molecule has 27 heavy (non-hydrogen) atoms. The quantitative estimate of drug-likeness (QED) is 0.485. The molecule has 0 radical (unpaired) electrons. The van der Waals surface area contributed by atoms with Gasteiger partial charge < -0.3 is 5.32 Å². The SMILES string of the molecule is Cc1ccccc1-c1nc(C)c(CNC(=O)c2cc([N+](=O)[O-])ccc2Cl)s1. The highest BCUT2D eigenvalue weighted by Gasteiger charge is 2.17. The van der Waals surface area contributed by atoms with Gasteiger partial charge in [-0.15, -0.1) is 11.3 Å². The second-order valence-electron chi connectivity index (χ2n) is 5.95. The van der Waals surface area contributed by atoms with Gasteiger partial charge in [0.1, 0.15) is 5.01 Å². The number of nitrogens with zero attached hydrogens (tertiary/aromatic N) is 2. The van der Waals surface area contributed by atoms with Crippen LogP contribution in [0.25, 0.3) is 10.6 Å². The summed E-state index contributed by atoms with van der Waals surface area (Å²) >= 11 is 7.53. The molecule has 0 saturated carbocycles. The number of nitrogens with one attached hydrogen (secondary N) is 1. The Morgan fingerprint density at radius 3 is 2.70 bits per heavy atom. The Morgan fingerprint density at radius 2 is 2.00 bits per heavy atom. The standard InChI is InChI=1S/C19H16ClN3O3S/c1-11-5-3-4-6-14(11)19-22-12(2)17(27-19)10-21-18(24)15-9-13(23(25)26)7-8-16(15)20/h3-9H,10H2,1-2H3,(H,21,24). The van der Waals surface area contributed by atoms with E-state index in [1.807, 2.05) is 38.1 Å². The van der Waals surface area contributed by atoms with Crippen molar-refractivity contribution in [3.8, 4) is 10.6 Å². The minimum absolute atomic E-state index is 0.0761. The van der Waals surface area contributed by atoms with E-state index in [9.17, 15) is 14.9 Å². The van der Waals surface area contributed by atoms with Crippen molar-refractivity contribution in [3.05, 3.63) is 79.3 Å². The summed E-state index contributed by atoms with van der Waals surface area (Å²) in [6.07, 6.45) is 0. The molecule has 0 saturated heterocycles. The lowest BCUT2D eigenvalue weighted by atomic mass is 10.1. The summed E-state index contributed by atoms with van der Waals surface area (Å²) in [7, 11) is 0.